The molecule has 1 heterocycles. The van der Waals surface area contributed by atoms with Gasteiger partial charge in [-0.25, -0.2) is 0 Å². The van der Waals surface area contributed by atoms with Gasteiger partial charge in [0.05, 0.1) is 19.2 Å². The topological polar surface area (TPSA) is 94.7 Å². The SMILES string of the molecule is COC(=O)CCc1cc(CC(=O)OCc2ccccc2)[nH]c1COC(C)=O. The van der Waals surface area contributed by atoms with Gasteiger partial charge < -0.3 is 19.2 Å². The summed E-state index contributed by atoms with van der Waals surface area (Å²) in [5, 5.41) is 0. The molecule has 0 spiro atoms. The Kier molecular flexibility index (Phi) is 7.61. The maximum atomic E-state index is 12.1. The van der Waals surface area contributed by atoms with Gasteiger partial charge in [0.1, 0.15) is 13.2 Å². The van der Waals surface area contributed by atoms with Gasteiger partial charge in [-0.1, -0.05) is 30.3 Å². The Morgan fingerprint density at radius 1 is 1.00 bits per heavy atom. The van der Waals surface area contributed by atoms with E-state index in [1.165, 1.54) is 14.0 Å². The Bertz CT molecular complexity index is 781. The highest BCUT2D eigenvalue weighted by Crippen LogP contribution is 2.16. The number of H-pyrrole nitrogens is 1. The summed E-state index contributed by atoms with van der Waals surface area (Å²) in [6, 6.07) is 11.2. The lowest BCUT2D eigenvalue weighted by molar-refractivity contribution is -0.144. The van der Waals surface area contributed by atoms with E-state index >= 15 is 0 Å². The molecule has 1 aromatic carbocycles. The number of carbonyl (C=O) groups excluding carboxylic acids is 3. The summed E-state index contributed by atoms with van der Waals surface area (Å²) in [6.45, 7) is 1.57. The Labute approximate surface area is 157 Å². The van der Waals surface area contributed by atoms with E-state index in [-0.39, 0.29) is 38.0 Å². The van der Waals surface area contributed by atoms with Crippen LogP contribution in [0.15, 0.2) is 36.4 Å². The van der Waals surface area contributed by atoms with E-state index in [1.807, 2.05) is 30.3 Å². The third-order valence-corrected chi connectivity index (χ3v) is 3.87. The zero-order valence-electron chi connectivity index (χ0n) is 15.4. The molecule has 0 bridgehead atoms. The average Bonchev–Trinajstić information content (AvgIpc) is 3.05. The second kappa shape index (κ2) is 10.2. The molecule has 144 valence electrons. The number of nitrogens with one attached hydrogen (secondary N) is 1. The molecule has 2 rings (SSSR count). The quantitative estimate of drug-likeness (QED) is 0.536. The van der Waals surface area contributed by atoms with Crippen LogP contribution in [-0.2, 0) is 54.6 Å². The first-order valence-electron chi connectivity index (χ1n) is 8.57. The Morgan fingerprint density at radius 2 is 1.74 bits per heavy atom. The molecule has 0 aliphatic heterocycles. The molecule has 7 nitrogen and oxygen atoms in total. The van der Waals surface area contributed by atoms with Crippen LogP contribution in [0.25, 0.3) is 0 Å². The third kappa shape index (κ3) is 6.97. The van der Waals surface area contributed by atoms with Gasteiger partial charge in [0.25, 0.3) is 0 Å². The Morgan fingerprint density at radius 3 is 2.41 bits per heavy atom. The first-order valence-corrected chi connectivity index (χ1v) is 8.57. The highest BCUT2D eigenvalue weighted by atomic mass is 16.5. The number of carbonyl (C=O) groups is 3. The number of hydrogen-bond acceptors (Lipinski definition) is 6. The van der Waals surface area contributed by atoms with Crippen molar-refractivity contribution in [1.82, 2.24) is 4.98 Å². The number of hydrogen-bond donors (Lipinski definition) is 1. The smallest absolute Gasteiger partial charge is 0.312 e. The molecule has 27 heavy (non-hydrogen) atoms. The molecule has 1 aromatic heterocycles. The van der Waals surface area contributed by atoms with Crippen LogP contribution >= 0.6 is 0 Å². The molecule has 0 aliphatic rings. The van der Waals surface area contributed by atoms with E-state index in [2.05, 4.69) is 9.72 Å². The van der Waals surface area contributed by atoms with E-state index in [0.717, 1.165) is 11.1 Å². The van der Waals surface area contributed by atoms with Crippen LogP contribution in [0.2, 0.25) is 0 Å². The van der Waals surface area contributed by atoms with Crippen LogP contribution in [0.3, 0.4) is 0 Å². The fourth-order valence-electron chi connectivity index (χ4n) is 2.51. The van der Waals surface area contributed by atoms with Gasteiger partial charge >= 0.3 is 17.9 Å². The zero-order valence-corrected chi connectivity index (χ0v) is 15.4. The molecular weight excluding hydrogens is 350 g/mol. The maximum absolute atomic E-state index is 12.1. The number of esters is 3. The summed E-state index contributed by atoms with van der Waals surface area (Å²) in [5.74, 6) is -1.12. The third-order valence-electron chi connectivity index (χ3n) is 3.87. The minimum absolute atomic E-state index is 0.0465. The number of aromatic nitrogens is 1. The van der Waals surface area contributed by atoms with E-state index < -0.39 is 5.97 Å². The first kappa shape index (κ1) is 20.2. The average molecular weight is 373 g/mol. The molecule has 7 heteroatoms. The minimum Gasteiger partial charge on any atom is -0.469 e. The van der Waals surface area contributed by atoms with Crippen molar-refractivity contribution in [2.75, 3.05) is 7.11 Å². The van der Waals surface area contributed by atoms with E-state index in [1.54, 1.807) is 6.07 Å². The van der Waals surface area contributed by atoms with Gasteiger partial charge in [0.15, 0.2) is 0 Å². The molecule has 0 atom stereocenters. The predicted octanol–water partition coefficient (Wildman–Crippen LogP) is 2.47. The molecule has 0 saturated heterocycles. The number of aromatic amines is 1. The summed E-state index contributed by atoms with van der Waals surface area (Å²) < 4.78 is 14.9. The van der Waals surface area contributed by atoms with Crippen LogP contribution in [0.4, 0.5) is 0 Å². The molecule has 1 N–H and O–H groups in total. The summed E-state index contributed by atoms with van der Waals surface area (Å²) in [6.07, 6.45) is 0.663. The normalized spacial score (nSPS) is 10.3. The zero-order chi connectivity index (χ0) is 19.6. The maximum Gasteiger partial charge on any atom is 0.312 e. The summed E-state index contributed by atoms with van der Waals surface area (Å²) in [4.78, 5) is 37.6. The van der Waals surface area contributed by atoms with Crippen molar-refractivity contribution in [3.05, 3.63) is 58.9 Å². The Hall–Kier alpha value is -3.09. The number of benzene rings is 1. The highest BCUT2D eigenvalue weighted by molar-refractivity contribution is 5.72. The number of aryl methyl sites for hydroxylation is 1. The van der Waals surface area contributed by atoms with Gasteiger partial charge in [-0.3, -0.25) is 14.4 Å². The monoisotopic (exact) mass is 373 g/mol. The van der Waals surface area contributed by atoms with Crippen LogP contribution < -0.4 is 0 Å². The largest absolute Gasteiger partial charge is 0.469 e. The fourth-order valence-corrected chi connectivity index (χ4v) is 2.51. The van der Waals surface area contributed by atoms with Crippen molar-refractivity contribution in [2.24, 2.45) is 0 Å². The molecule has 2 aromatic rings. The fraction of sp³-hybridized carbons (Fsp3) is 0.350. The van der Waals surface area contributed by atoms with Gasteiger partial charge in [-0.05, 0) is 23.6 Å². The van der Waals surface area contributed by atoms with Crippen LogP contribution in [0, 0.1) is 0 Å². The van der Waals surface area contributed by atoms with Gasteiger partial charge in [-0.15, -0.1) is 0 Å². The standard InChI is InChI=1S/C20H23NO6/c1-14(22)26-13-18-16(8-9-19(23)25-2)10-17(21-18)11-20(24)27-12-15-6-4-3-5-7-15/h3-7,10,21H,8-9,11-13H2,1-2H3. The second-order valence-electron chi connectivity index (χ2n) is 5.98. The lowest BCUT2D eigenvalue weighted by Gasteiger charge is -2.04. The van der Waals surface area contributed by atoms with Crippen molar-refractivity contribution >= 4 is 17.9 Å². The first-order chi connectivity index (χ1) is 13.0. The lowest BCUT2D eigenvalue weighted by Crippen LogP contribution is -2.08. The van der Waals surface area contributed by atoms with Crippen molar-refractivity contribution in [1.29, 1.82) is 0 Å². The van der Waals surface area contributed by atoms with Crippen molar-refractivity contribution in [2.45, 2.75) is 39.4 Å². The minimum atomic E-state index is -0.410. The number of ether oxygens (including phenoxy) is 3. The lowest BCUT2D eigenvalue weighted by atomic mass is 10.1. The molecule has 0 aliphatic carbocycles. The van der Waals surface area contributed by atoms with Crippen LogP contribution in [0.5, 0.6) is 0 Å². The van der Waals surface area contributed by atoms with Crippen molar-refractivity contribution < 1.29 is 28.6 Å². The molecule has 0 unspecified atom stereocenters. The van der Waals surface area contributed by atoms with E-state index in [0.29, 0.717) is 17.8 Å². The molecule has 0 amide bonds. The van der Waals surface area contributed by atoms with Crippen LogP contribution in [0.1, 0.15) is 35.9 Å². The number of rotatable bonds is 9. The van der Waals surface area contributed by atoms with Crippen molar-refractivity contribution in [3.8, 4) is 0 Å². The van der Waals surface area contributed by atoms with Crippen LogP contribution in [-0.4, -0.2) is 30.0 Å². The van der Waals surface area contributed by atoms with Gasteiger partial charge in [0, 0.05) is 19.0 Å². The molecular formula is C20H23NO6. The van der Waals surface area contributed by atoms with E-state index in [9.17, 15) is 14.4 Å². The van der Waals surface area contributed by atoms with Crippen molar-refractivity contribution in [3.63, 3.8) is 0 Å². The Balaban J connectivity index is 1.98. The predicted molar refractivity (Wildman–Crippen MR) is 96.5 cm³/mol. The molecule has 0 saturated carbocycles. The highest BCUT2D eigenvalue weighted by Gasteiger charge is 2.14. The van der Waals surface area contributed by atoms with E-state index in [4.69, 9.17) is 9.47 Å². The number of methoxy groups -OCH3 is 1. The summed E-state index contributed by atoms with van der Waals surface area (Å²) in [7, 11) is 1.33. The summed E-state index contributed by atoms with van der Waals surface area (Å²) in [5.41, 5.74) is 2.99. The van der Waals surface area contributed by atoms with Gasteiger partial charge in [0.2, 0.25) is 0 Å². The second-order valence-corrected chi connectivity index (χ2v) is 5.98. The molecule has 0 radical (unpaired) electrons. The van der Waals surface area contributed by atoms with Gasteiger partial charge in [-0.2, -0.15) is 0 Å². The molecule has 0 fully saturated rings. The summed E-state index contributed by atoms with van der Waals surface area (Å²) >= 11 is 0.